The first kappa shape index (κ1) is 13.8. The number of nitrogens with one attached hydrogen (secondary N) is 1. The van der Waals surface area contributed by atoms with Crippen LogP contribution in [0.2, 0.25) is 5.02 Å². The van der Waals surface area contributed by atoms with Gasteiger partial charge in [0.25, 0.3) is 0 Å². The van der Waals surface area contributed by atoms with Gasteiger partial charge in [0, 0.05) is 15.5 Å². The van der Waals surface area contributed by atoms with Crippen LogP contribution in [0, 0.1) is 0 Å². The lowest BCUT2D eigenvalue weighted by Crippen LogP contribution is -2.20. The molecule has 0 aliphatic rings. The topological polar surface area (TPSA) is 41.5 Å². The van der Waals surface area contributed by atoms with Crippen molar-refractivity contribution < 1.29 is 4.79 Å². The van der Waals surface area contributed by atoms with E-state index in [1.807, 2.05) is 42.6 Å². The molecule has 19 heavy (non-hydrogen) atoms. The van der Waals surface area contributed by atoms with E-state index in [2.05, 4.69) is 10.5 Å². The summed E-state index contributed by atoms with van der Waals surface area (Å²) >= 11 is 7.61. The molecule has 2 rings (SSSR count). The number of benzene rings is 1. The minimum Gasteiger partial charge on any atom is -0.273 e. The van der Waals surface area contributed by atoms with Crippen molar-refractivity contribution >= 4 is 34.6 Å². The van der Waals surface area contributed by atoms with Gasteiger partial charge in [0.05, 0.1) is 12.1 Å². The van der Waals surface area contributed by atoms with Gasteiger partial charge in [0.2, 0.25) is 5.91 Å². The molecule has 5 heteroatoms. The number of carbonyl (C=O) groups is 1. The summed E-state index contributed by atoms with van der Waals surface area (Å²) in [4.78, 5) is 12.7. The highest BCUT2D eigenvalue weighted by molar-refractivity contribution is 7.10. The number of halogens is 1. The lowest BCUT2D eigenvalue weighted by molar-refractivity contribution is -0.120. The maximum atomic E-state index is 11.7. The highest BCUT2D eigenvalue weighted by Crippen LogP contribution is 2.15. The largest absolute Gasteiger partial charge is 0.273 e. The average molecular weight is 293 g/mol. The molecular weight excluding hydrogens is 280 g/mol. The van der Waals surface area contributed by atoms with E-state index in [-0.39, 0.29) is 5.91 Å². The number of rotatable bonds is 4. The van der Waals surface area contributed by atoms with Crippen LogP contribution in [0.15, 0.2) is 46.9 Å². The Bertz CT molecular complexity index is 593. The van der Waals surface area contributed by atoms with Crippen molar-refractivity contribution in [3.05, 3.63) is 57.2 Å². The van der Waals surface area contributed by atoms with Crippen LogP contribution in [-0.4, -0.2) is 11.6 Å². The standard InChI is InChI=1S/C14H13ClN2OS/c1-10(12-6-2-3-7-13(12)15)16-17-14(18)9-11-5-4-8-19-11/h2-8H,9H2,1H3,(H,17,18)/b16-10-. The number of hydrazone groups is 1. The van der Waals surface area contributed by atoms with Crippen LogP contribution < -0.4 is 5.43 Å². The highest BCUT2D eigenvalue weighted by atomic mass is 35.5. The van der Waals surface area contributed by atoms with Crippen molar-refractivity contribution in [2.75, 3.05) is 0 Å². The molecule has 3 nitrogen and oxygen atoms in total. The Balaban J connectivity index is 1.98. The molecule has 2 aromatic rings. The molecule has 0 saturated heterocycles. The molecule has 0 spiro atoms. The quantitative estimate of drug-likeness (QED) is 0.680. The van der Waals surface area contributed by atoms with Gasteiger partial charge in [-0.3, -0.25) is 4.79 Å². The normalized spacial score (nSPS) is 11.4. The molecule has 0 atom stereocenters. The van der Waals surface area contributed by atoms with Gasteiger partial charge in [0.1, 0.15) is 0 Å². The van der Waals surface area contributed by atoms with Gasteiger partial charge in [-0.25, -0.2) is 5.43 Å². The first-order chi connectivity index (χ1) is 9.16. The minimum atomic E-state index is -0.131. The summed E-state index contributed by atoms with van der Waals surface area (Å²) in [5, 5.41) is 6.64. The van der Waals surface area contributed by atoms with Crippen molar-refractivity contribution in [3.8, 4) is 0 Å². The smallest absolute Gasteiger partial charge is 0.245 e. The SMILES string of the molecule is C/C(=N/NC(=O)Cc1cccs1)c1ccccc1Cl. The van der Waals surface area contributed by atoms with Gasteiger partial charge >= 0.3 is 0 Å². The fourth-order valence-corrected chi connectivity index (χ4v) is 2.55. The molecule has 0 radical (unpaired) electrons. The molecule has 1 N–H and O–H groups in total. The van der Waals surface area contributed by atoms with Crippen molar-refractivity contribution in [2.24, 2.45) is 5.10 Å². The van der Waals surface area contributed by atoms with Crippen molar-refractivity contribution in [1.82, 2.24) is 5.43 Å². The Kier molecular flexibility index (Phi) is 4.71. The molecule has 1 amide bonds. The van der Waals surface area contributed by atoms with E-state index in [0.29, 0.717) is 17.2 Å². The fourth-order valence-electron chi connectivity index (χ4n) is 1.57. The first-order valence-electron chi connectivity index (χ1n) is 5.77. The second kappa shape index (κ2) is 6.50. The van der Waals surface area contributed by atoms with Gasteiger partial charge < -0.3 is 0 Å². The third-order valence-electron chi connectivity index (χ3n) is 2.53. The third kappa shape index (κ3) is 3.91. The number of hydrogen-bond acceptors (Lipinski definition) is 3. The number of thiophene rings is 1. The Morgan fingerprint density at radius 3 is 2.79 bits per heavy atom. The van der Waals surface area contributed by atoms with E-state index in [9.17, 15) is 4.79 Å². The van der Waals surface area contributed by atoms with Crippen LogP contribution in [0.3, 0.4) is 0 Å². The fraction of sp³-hybridized carbons (Fsp3) is 0.143. The molecule has 1 heterocycles. The van der Waals surface area contributed by atoms with E-state index in [1.165, 1.54) is 0 Å². The number of amides is 1. The van der Waals surface area contributed by atoms with E-state index in [4.69, 9.17) is 11.6 Å². The van der Waals surface area contributed by atoms with Crippen molar-refractivity contribution in [3.63, 3.8) is 0 Å². The summed E-state index contributed by atoms with van der Waals surface area (Å²) in [6, 6.07) is 11.2. The van der Waals surface area contributed by atoms with E-state index in [0.717, 1.165) is 10.4 Å². The van der Waals surface area contributed by atoms with E-state index >= 15 is 0 Å². The zero-order chi connectivity index (χ0) is 13.7. The van der Waals surface area contributed by atoms with Crippen LogP contribution in [-0.2, 0) is 11.2 Å². The van der Waals surface area contributed by atoms with Crippen LogP contribution >= 0.6 is 22.9 Å². The average Bonchev–Trinajstić information content (AvgIpc) is 2.89. The Morgan fingerprint density at radius 1 is 1.32 bits per heavy atom. The third-order valence-corrected chi connectivity index (χ3v) is 3.73. The molecular formula is C14H13ClN2OS. The van der Waals surface area contributed by atoms with E-state index in [1.54, 1.807) is 17.4 Å². The lowest BCUT2D eigenvalue weighted by Gasteiger charge is -2.04. The second-order valence-electron chi connectivity index (χ2n) is 3.97. The van der Waals surface area contributed by atoms with Crippen LogP contribution in [0.25, 0.3) is 0 Å². The van der Waals surface area contributed by atoms with Gasteiger partial charge in [-0.2, -0.15) is 5.10 Å². The van der Waals surface area contributed by atoms with Crippen LogP contribution in [0.4, 0.5) is 0 Å². The Hall–Kier alpha value is -1.65. The molecule has 1 aromatic carbocycles. The summed E-state index contributed by atoms with van der Waals surface area (Å²) in [6.45, 7) is 1.81. The molecule has 0 aliphatic heterocycles. The second-order valence-corrected chi connectivity index (χ2v) is 5.41. The summed E-state index contributed by atoms with van der Waals surface area (Å²) in [7, 11) is 0. The van der Waals surface area contributed by atoms with Crippen LogP contribution in [0.5, 0.6) is 0 Å². The molecule has 98 valence electrons. The Morgan fingerprint density at radius 2 is 2.11 bits per heavy atom. The molecule has 0 aliphatic carbocycles. The molecule has 1 aromatic heterocycles. The summed E-state index contributed by atoms with van der Waals surface area (Å²) in [5.74, 6) is -0.131. The molecule has 0 fully saturated rings. The zero-order valence-electron chi connectivity index (χ0n) is 10.4. The Labute approximate surface area is 120 Å². The zero-order valence-corrected chi connectivity index (χ0v) is 12.0. The van der Waals surface area contributed by atoms with Gasteiger partial charge in [-0.15, -0.1) is 11.3 Å². The molecule has 0 saturated carbocycles. The maximum Gasteiger partial charge on any atom is 0.245 e. The first-order valence-corrected chi connectivity index (χ1v) is 7.03. The summed E-state index contributed by atoms with van der Waals surface area (Å²) in [6.07, 6.45) is 0.344. The molecule has 0 unspecified atom stereocenters. The van der Waals surface area contributed by atoms with Gasteiger partial charge in [0.15, 0.2) is 0 Å². The highest BCUT2D eigenvalue weighted by Gasteiger charge is 2.05. The van der Waals surface area contributed by atoms with Crippen molar-refractivity contribution in [1.29, 1.82) is 0 Å². The number of carbonyl (C=O) groups excluding carboxylic acids is 1. The molecule has 0 bridgehead atoms. The van der Waals surface area contributed by atoms with Crippen molar-refractivity contribution in [2.45, 2.75) is 13.3 Å². The van der Waals surface area contributed by atoms with E-state index < -0.39 is 0 Å². The minimum absolute atomic E-state index is 0.131. The van der Waals surface area contributed by atoms with Crippen LogP contribution in [0.1, 0.15) is 17.4 Å². The number of hydrogen-bond donors (Lipinski definition) is 1. The lowest BCUT2D eigenvalue weighted by atomic mass is 10.1. The van der Waals surface area contributed by atoms with Gasteiger partial charge in [-0.05, 0) is 24.4 Å². The summed E-state index contributed by atoms with van der Waals surface area (Å²) < 4.78 is 0. The number of nitrogens with zero attached hydrogens (tertiary/aromatic N) is 1. The predicted octanol–water partition coefficient (Wildman–Crippen LogP) is 3.48. The maximum absolute atomic E-state index is 11.7. The van der Waals surface area contributed by atoms with Gasteiger partial charge in [-0.1, -0.05) is 35.9 Å². The predicted molar refractivity (Wildman–Crippen MR) is 79.8 cm³/mol. The summed E-state index contributed by atoms with van der Waals surface area (Å²) in [5.41, 5.74) is 4.05. The monoisotopic (exact) mass is 292 g/mol.